The molecule has 0 saturated carbocycles. The van der Waals surface area contributed by atoms with Crippen LogP contribution in [0.4, 0.5) is 0 Å². The van der Waals surface area contributed by atoms with Gasteiger partial charge in [0.2, 0.25) is 0 Å². The smallest absolute Gasteiger partial charge is 0.179 e. The molecule has 1 aliphatic heterocycles. The van der Waals surface area contributed by atoms with E-state index in [2.05, 4.69) is 52.0 Å². The first-order valence-electron chi connectivity index (χ1n) is 6.28. The van der Waals surface area contributed by atoms with E-state index in [0.717, 1.165) is 0 Å². The topological polar surface area (TPSA) is 15.6 Å². The second kappa shape index (κ2) is 4.51. The third-order valence-electron chi connectivity index (χ3n) is 3.16. The van der Waals surface area contributed by atoms with Crippen LogP contribution < -0.4 is 0 Å². The van der Waals surface area contributed by atoms with Gasteiger partial charge in [-0.05, 0) is 66.6 Å². The Morgan fingerprint density at radius 1 is 1.00 bits per heavy atom. The van der Waals surface area contributed by atoms with Gasteiger partial charge in [0.25, 0.3) is 0 Å². The number of rotatable bonds is 2. The summed E-state index contributed by atoms with van der Waals surface area (Å²) in [4.78, 5) is 0. The average Bonchev–Trinajstić information content (AvgIpc) is 1.97. The molecule has 0 amide bonds. The Morgan fingerprint density at radius 2 is 1.44 bits per heavy atom. The van der Waals surface area contributed by atoms with Gasteiger partial charge in [-0.25, -0.2) is 4.67 Å². The van der Waals surface area contributed by atoms with Crippen molar-refractivity contribution >= 4 is 16.8 Å². The molecule has 1 rings (SSSR count). The normalized spacial score (nSPS) is 26.2. The molecule has 94 valence electrons. The van der Waals surface area contributed by atoms with E-state index in [4.69, 9.17) is 4.41 Å². The van der Waals surface area contributed by atoms with Gasteiger partial charge >= 0.3 is 0 Å². The summed E-state index contributed by atoms with van der Waals surface area (Å²) < 4.78 is 7.49. The molecule has 4 heteroatoms. The van der Waals surface area contributed by atoms with Crippen molar-refractivity contribution in [1.29, 1.82) is 0 Å². The number of nitrogens with zero attached hydrogens (tertiary/aromatic N) is 2. The van der Waals surface area contributed by atoms with Crippen LogP contribution in [-0.2, 0) is 0 Å². The van der Waals surface area contributed by atoms with Crippen molar-refractivity contribution in [1.82, 2.24) is 4.67 Å². The van der Waals surface area contributed by atoms with Gasteiger partial charge in [-0.2, -0.15) is 0 Å². The van der Waals surface area contributed by atoms with Crippen LogP contribution in [0.1, 0.15) is 47.0 Å². The van der Waals surface area contributed by atoms with E-state index in [9.17, 15) is 0 Å². The van der Waals surface area contributed by atoms with Gasteiger partial charge in [-0.3, -0.25) is 4.41 Å². The van der Waals surface area contributed by atoms with E-state index in [-0.39, 0.29) is 0 Å². The van der Waals surface area contributed by atoms with Crippen LogP contribution in [0.25, 0.3) is 0 Å². The summed E-state index contributed by atoms with van der Waals surface area (Å²) in [5.74, 6) is 0. The van der Waals surface area contributed by atoms with Gasteiger partial charge in [0.15, 0.2) is 8.24 Å². The largest absolute Gasteiger partial charge is 0.293 e. The third-order valence-corrected chi connectivity index (χ3v) is 7.18. The minimum absolute atomic E-state index is 0.298. The molecule has 0 aromatic carbocycles. The maximum Gasteiger partial charge on any atom is 0.179 e. The Morgan fingerprint density at radius 3 is 1.81 bits per heavy atom. The fraction of sp³-hybridized carbons (Fsp3) is 1.00. The van der Waals surface area contributed by atoms with Gasteiger partial charge < -0.3 is 0 Å². The summed E-state index contributed by atoms with van der Waals surface area (Å²) >= 11 is 0. The molecule has 0 radical (unpaired) electrons. The fourth-order valence-electron chi connectivity index (χ4n) is 2.41. The lowest BCUT2D eigenvalue weighted by Gasteiger charge is -2.50. The van der Waals surface area contributed by atoms with E-state index < -0.39 is 8.24 Å². The van der Waals surface area contributed by atoms with Gasteiger partial charge in [0.1, 0.15) is 0 Å². The van der Waals surface area contributed by atoms with E-state index in [1.54, 1.807) is 0 Å². The van der Waals surface area contributed by atoms with Crippen LogP contribution in [0.3, 0.4) is 0 Å². The third kappa shape index (κ3) is 3.64. The van der Waals surface area contributed by atoms with Crippen molar-refractivity contribution in [2.75, 3.05) is 0 Å². The quantitative estimate of drug-likeness (QED) is 0.507. The minimum atomic E-state index is -1.30. The van der Waals surface area contributed by atoms with Crippen LogP contribution in [0.5, 0.6) is 0 Å². The molecule has 1 fully saturated rings. The Bertz CT molecular complexity index is 263. The van der Waals surface area contributed by atoms with Crippen LogP contribution in [-0.4, -0.2) is 24.0 Å². The Labute approximate surface area is 104 Å². The second-order valence-electron chi connectivity index (χ2n) is 7.15. The van der Waals surface area contributed by atoms with Crippen molar-refractivity contribution in [2.24, 2.45) is 4.41 Å². The predicted molar refractivity (Wildman–Crippen MR) is 76.5 cm³/mol. The standard InChI is InChI=1S/C12H27N2PSi/c1-11(2)9-8-10-12(3,4)14(11)15-13-16(5,6)7/h8-10H2,1-7H3. The maximum atomic E-state index is 4.91. The van der Waals surface area contributed by atoms with Crippen LogP contribution in [0, 0.1) is 0 Å². The second-order valence-corrected chi connectivity index (χ2v) is 12.9. The number of hydrogen-bond acceptors (Lipinski definition) is 1. The number of piperidine rings is 1. The van der Waals surface area contributed by atoms with E-state index in [1.165, 1.54) is 27.8 Å². The lowest BCUT2D eigenvalue weighted by atomic mass is 9.83. The molecule has 0 bridgehead atoms. The molecule has 1 heterocycles. The van der Waals surface area contributed by atoms with E-state index >= 15 is 0 Å². The number of hydrogen-bond donors (Lipinski definition) is 0. The van der Waals surface area contributed by atoms with Crippen molar-refractivity contribution in [2.45, 2.75) is 77.7 Å². The minimum Gasteiger partial charge on any atom is -0.293 e. The highest BCUT2D eigenvalue weighted by Gasteiger charge is 2.41. The average molecular weight is 258 g/mol. The molecular weight excluding hydrogens is 231 g/mol. The summed E-state index contributed by atoms with van der Waals surface area (Å²) in [5, 5.41) is 0. The Kier molecular flexibility index (Phi) is 4.04. The molecule has 0 aliphatic carbocycles. The zero-order valence-corrected chi connectivity index (χ0v) is 13.9. The van der Waals surface area contributed by atoms with Gasteiger partial charge in [0.05, 0.1) is 8.52 Å². The summed E-state index contributed by atoms with van der Waals surface area (Å²) in [5.41, 5.74) is 0.596. The highest BCUT2D eigenvalue weighted by molar-refractivity contribution is 7.26. The summed E-state index contributed by atoms with van der Waals surface area (Å²) in [6, 6.07) is 0. The molecule has 16 heavy (non-hydrogen) atoms. The Balaban J connectivity index is 2.92. The molecule has 0 aromatic rings. The predicted octanol–water partition coefficient (Wildman–Crippen LogP) is 4.91. The Hall–Kier alpha value is 0.277. The van der Waals surface area contributed by atoms with Crippen molar-refractivity contribution < 1.29 is 0 Å². The zero-order valence-electron chi connectivity index (χ0n) is 12.0. The lowest BCUT2D eigenvalue weighted by molar-refractivity contribution is 0.0649. The van der Waals surface area contributed by atoms with Crippen LogP contribution in [0.15, 0.2) is 4.41 Å². The summed E-state index contributed by atoms with van der Waals surface area (Å²) in [7, 11) is -0.0983. The van der Waals surface area contributed by atoms with Crippen molar-refractivity contribution in [3.05, 3.63) is 0 Å². The van der Waals surface area contributed by atoms with E-state index in [0.29, 0.717) is 11.1 Å². The lowest BCUT2D eigenvalue weighted by Crippen LogP contribution is -2.53. The van der Waals surface area contributed by atoms with E-state index in [1.807, 2.05) is 0 Å². The fourth-order valence-corrected chi connectivity index (χ4v) is 4.52. The van der Waals surface area contributed by atoms with Gasteiger partial charge in [-0.1, -0.05) is 0 Å². The first kappa shape index (κ1) is 14.3. The molecule has 0 unspecified atom stereocenters. The summed E-state index contributed by atoms with van der Waals surface area (Å²) in [6.45, 7) is 16.4. The highest BCUT2D eigenvalue weighted by atomic mass is 31.1. The molecule has 0 N–H and O–H groups in total. The first-order valence-corrected chi connectivity index (χ1v) is 10.5. The molecule has 0 spiro atoms. The van der Waals surface area contributed by atoms with Gasteiger partial charge in [-0.15, -0.1) is 0 Å². The van der Waals surface area contributed by atoms with Gasteiger partial charge in [0, 0.05) is 11.1 Å². The van der Waals surface area contributed by atoms with Crippen LogP contribution >= 0.6 is 8.52 Å². The molecule has 2 nitrogen and oxygen atoms in total. The molecule has 0 aromatic heterocycles. The highest BCUT2D eigenvalue weighted by Crippen LogP contribution is 2.43. The molecule has 1 aliphatic rings. The zero-order chi connectivity index (χ0) is 12.6. The molecular formula is C12H27N2PSi. The van der Waals surface area contributed by atoms with Crippen molar-refractivity contribution in [3.63, 3.8) is 0 Å². The maximum absolute atomic E-state index is 4.91. The molecule has 1 saturated heterocycles. The monoisotopic (exact) mass is 258 g/mol. The van der Waals surface area contributed by atoms with Crippen molar-refractivity contribution in [3.8, 4) is 0 Å². The molecule has 0 atom stereocenters. The van der Waals surface area contributed by atoms with Crippen LogP contribution in [0.2, 0.25) is 19.6 Å². The first-order chi connectivity index (χ1) is 7.05. The summed E-state index contributed by atoms with van der Waals surface area (Å²) in [6.07, 6.45) is 3.94. The SMILES string of the molecule is CC1(C)CCCC(C)(C)N1P=N[Si](C)(C)C.